The molecule has 1 aromatic carbocycles. The molecule has 0 spiro atoms. The molecule has 1 N–H and O–H groups in total. The van der Waals surface area contributed by atoms with Crippen LogP contribution >= 0.6 is 0 Å². The molecular formula is C25H31N5O3. The molecule has 2 fully saturated rings. The molecule has 1 aliphatic heterocycles. The van der Waals surface area contributed by atoms with Crippen molar-refractivity contribution >= 4 is 6.09 Å². The summed E-state index contributed by atoms with van der Waals surface area (Å²) >= 11 is 0. The van der Waals surface area contributed by atoms with E-state index in [2.05, 4.69) is 15.3 Å². The summed E-state index contributed by atoms with van der Waals surface area (Å²) in [5, 5.41) is 6.67. The highest BCUT2D eigenvalue weighted by Crippen LogP contribution is 2.49. The lowest BCUT2D eigenvalue weighted by atomic mass is 9.91. The second kappa shape index (κ2) is 9.68. The molecule has 174 valence electrons. The van der Waals surface area contributed by atoms with Gasteiger partial charge in [-0.3, -0.25) is 0 Å². The lowest BCUT2D eigenvalue weighted by Crippen LogP contribution is -2.39. The van der Waals surface area contributed by atoms with Crippen molar-refractivity contribution in [2.24, 2.45) is 17.8 Å². The maximum atomic E-state index is 12.4. The summed E-state index contributed by atoms with van der Waals surface area (Å²) in [6, 6.07) is 11.9. The fraction of sp³-hybridized carbons (Fsp3) is 0.480. The number of carbonyl (C=O) groups is 1. The second-order valence-corrected chi connectivity index (χ2v) is 9.19. The number of aryl methyl sites for hydroxylation is 1. The number of pyridine rings is 1. The number of aromatic amines is 1. The van der Waals surface area contributed by atoms with Gasteiger partial charge in [-0.2, -0.15) is 0 Å². The summed E-state index contributed by atoms with van der Waals surface area (Å²) in [5.41, 5.74) is 2.99. The van der Waals surface area contributed by atoms with Crippen LogP contribution < -0.4 is 4.74 Å². The van der Waals surface area contributed by atoms with Crippen LogP contribution in [-0.4, -0.2) is 50.7 Å². The van der Waals surface area contributed by atoms with Gasteiger partial charge in [0.25, 0.3) is 0 Å². The maximum Gasteiger partial charge on any atom is 0.410 e. The Labute approximate surface area is 193 Å². The van der Waals surface area contributed by atoms with Crippen molar-refractivity contribution in [3.8, 4) is 11.6 Å². The average Bonchev–Trinajstić information content (AvgIpc) is 3.58. The lowest BCUT2D eigenvalue weighted by Gasteiger charge is -2.31. The number of H-pyrrole nitrogens is 1. The molecular weight excluding hydrogens is 418 g/mol. The van der Waals surface area contributed by atoms with Crippen LogP contribution in [0.4, 0.5) is 4.79 Å². The quantitative estimate of drug-likeness (QED) is 0.552. The molecule has 8 heteroatoms. The number of amides is 1. The summed E-state index contributed by atoms with van der Waals surface area (Å²) in [4.78, 5) is 18.7. The largest absolute Gasteiger partial charge is 0.477 e. The van der Waals surface area contributed by atoms with E-state index in [1.54, 1.807) is 12.5 Å². The number of piperidine rings is 1. The van der Waals surface area contributed by atoms with Crippen molar-refractivity contribution in [1.82, 2.24) is 24.9 Å². The van der Waals surface area contributed by atoms with Crippen molar-refractivity contribution in [3.05, 3.63) is 60.0 Å². The average molecular weight is 450 g/mol. The predicted octanol–water partition coefficient (Wildman–Crippen LogP) is 4.36. The zero-order valence-electron chi connectivity index (χ0n) is 19.0. The van der Waals surface area contributed by atoms with E-state index in [9.17, 15) is 4.79 Å². The van der Waals surface area contributed by atoms with Crippen molar-refractivity contribution in [2.45, 2.75) is 39.2 Å². The molecule has 1 aliphatic carbocycles. The first-order valence-corrected chi connectivity index (χ1v) is 11.8. The molecule has 33 heavy (non-hydrogen) atoms. The minimum atomic E-state index is -0.191. The monoisotopic (exact) mass is 449 g/mol. The highest BCUT2D eigenvalue weighted by Gasteiger charge is 2.43. The van der Waals surface area contributed by atoms with Gasteiger partial charge in [0, 0.05) is 18.7 Å². The number of rotatable bonds is 8. The van der Waals surface area contributed by atoms with E-state index >= 15 is 0 Å². The van der Waals surface area contributed by atoms with Gasteiger partial charge in [0.05, 0.1) is 18.5 Å². The maximum absolute atomic E-state index is 12.4. The van der Waals surface area contributed by atoms with Crippen LogP contribution in [0.25, 0.3) is 5.69 Å². The summed E-state index contributed by atoms with van der Waals surface area (Å²) in [5.74, 6) is 2.91. The minimum Gasteiger partial charge on any atom is -0.477 e. The van der Waals surface area contributed by atoms with Crippen molar-refractivity contribution in [1.29, 1.82) is 0 Å². The molecule has 0 unspecified atom stereocenters. The summed E-state index contributed by atoms with van der Waals surface area (Å²) in [6.07, 6.45) is 7.78. The highest BCUT2D eigenvalue weighted by atomic mass is 16.6. The van der Waals surface area contributed by atoms with Crippen LogP contribution in [0.15, 0.2) is 48.9 Å². The Balaban J connectivity index is 1.00. The van der Waals surface area contributed by atoms with E-state index in [0.717, 1.165) is 61.0 Å². The number of nitrogens with one attached hydrogen (secondary N) is 1. The van der Waals surface area contributed by atoms with Gasteiger partial charge in [-0.25, -0.2) is 19.7 Å². The molecule has 1 saturated heterocycles. The molecule has 1 amide bonds. The molecule has 5 rings (SSSR count). The Morgan fingerprint density at radius 3 is 2.70 bits per heavy atom. The summed E-state index contributed by atoms with van der Waals surface area (Å²) in [7, 11) is 0. The number of likely N-dealkylation sites (tertiary alicyclic amines) is 1. The molecule has 2 aromatic heterocycles. The smallest absolute Gasteiger partial charge is 0.410 e. The third-order valence-electron chi connectivity index (χ3n) is 6.95. The van der Waals surface area contributed by atoms with Gasteiger partial charge in [0.15, 0.2) is 0 Å². The fourth-order valence-corrected chi connectivity index (χ4v) is 4.88. The summed E-state index contributed by atoms with van der Waals surface area (Å²) < 4.78 is 13.3. The van der Waals surface area contributed by atoms with Crippen LogP contribution in [0.2, 0.25) is 0 Å². The normalized spacial score (nSPS) is 20.6. The molecule has 3 aromatic rings. The van der Waals surface area contributed by atoms with E-state index in [0.29, 0.717) is 25.0 Å². The topological polar surface area (TPSA) is 85.3 Å². The van der Waals surface area contributed by atoms with E-state index in [1.807, 2.05) is 52.9 Å². The third-order valence-corrected chi connectivity index (χ3v) is 6.95. The Bertz CT molecular complexity index is 1050. The van der Waals surface area contributed by atoms with Crippen LogP contribution in [-0.2, 0) is 11.3 Å². The first-order chi connectivity index (χ1) is 16.2. The summed E-state index contributed by atoms with van der Waals surface area (Å²) in [6.45, 7) is 4.64. The lowest BCUT2D eigenvalue weighted by molar-refractivity contribution is 0.0796. The van der Waals surface area contributed by atoms with E-state index in [4.69, 9.17) is 9.47 Å². The zero-order chi connectivity index (χ0) is 22.6. The van der Waals surface area contributed by atoms with Crippen LogP contribution in [0.5, 0.6) is 5.88 Å². The van der Waals surface area contributed by atoms with Gasteiger partial charge < -0.3 is 14.4 Å². The minimum absolute atomic E-state index is 0.191. The van der Waals surface area contributed by atoms with Crippen molar-refractivity contribution < 1.29 is 14.3 Å². The number of benzene rings is 1. The number of aromatic nitrogens is 4. The van der Waals surface area contributed by atoms with E-state index < -0.39 is 0 Å². The van der Waals surface area contributed by atoms with E-state index in [1.165, 1.54) is 6.42 Å². The van der Waals surface area contributed by atoms with Crippen molar-refractivity contribution in [2.75, 3.05) is 19.7 Å². The fourth-order valence-electron chi connectivity index (χ4n) is 4.88. The molecule has 8 nitrogen and oxygen atoms in total. The van der Waals surface area contributed by atoms with Gasteiger partial charge >= 0.3 is 6.09 Å². The molecule has 0 bridgehead atoms. The highest BCUT2D eigenvalue weighted by molar-refractivity contribution is 5.67. The number of ether oxygens (including phenoxy) is 2. The number of hydrogen-bond acceptors (Lipinski definition) is 5. The van der Waals surface area contributed by atoms with Gasteiger partial charge in [-0.05, 0) is 62.0 Å². The Morgan fingerprint density at radius 1 is 1.21 bits per heavy atom. The SMILES string of the molecule is Cc1cc(-n2cn[nH]2)cnc1OCC[C@@H]1C[C@@H]1C1CCN(C(=O)OCc2ccccc2)CC1. The van der Waals surface area contributed by atoms with Crippen LogP contribution in [0.3, 0.4) is 0 Å². The standard InChI is InChI=1S/C25H31N5O3/c1-18-13-22(30-17-27-28-30)15-26-24(18)32-12-9-21-14-23(21)20-7-10-29(11-8-20)25(31)33-16-19-5-3-2-4-6-19/h2-6,13,15,17,20-21,23,28H,7-12,14,16H2,1H3/t21-,23-/m1/s1. The van der Waals surface area contributed by atoms with Crippen LogP contribution in [0.1, 0.15) is 36.8 Å². The molecule has 1 saturated carbocycles. The van der Waals surface area contributed by atoms with Gasteiger partial charge in [0.1, 0.15) is 12.9 Å². The van der Waals surface area contributed by atoms with E-state index in [-0.39, 0.29) is 6.09 Å². The Kier molecular flexibility index (Phi) is 6.32. The zero-order valence-corrected chi connectivity index (χ0v) is 19.0. The number of carbonyl (C=O) groups excluding carboxylic acids is 1. The van der Waals surface area contributed by atoms with Gasteiger partial charge in [-0.15, -0.1) is 5.10 Å². The molecule has 3 heterocycles. The van der Waals surface area contributed by atoms with Gasteiger partial charge in [0.2, 0.25) is 5.88 Å². The molecule has 2 aliphatic rings. The second-order valence-electron chi connectivity index (χ2n) is 9.19. The predicted molar refractivity (Wildman–Crippen MR) is 123 cm³/mol. The Hall–Kier alpha value is -3.29. The third kappa shape index (κ3) is 5.21. The Morgan fingerprint density at radius 2 is 2.00 bits per heavy atom. The number of nitrogens with zero attached hydrogens (tertiary/aromatic N) is 4. The first kappa shape index (κ1) is 21.6. The molecule has 2 atom stereocenters. The first-order valence-electron chi connectivity index (χ1n) is 11.8. The molecule has 0 radical (unpaired) electrons. The van der Waals surface area contributed by atoms with Crippen LogP contribution in [0, 0.1) is 24.7 Å². The van der Waals surface area contributed by atoms with Gasteiger partial charge in [-0.1, -0.05) is 30.3 Å². The van der Waals surface area contributed by atoms with Crippen molar-refractivity contribution in [3.63, 3.8) is 0 Å². The number of hydrogen-bond donors (Lipinski definition) is 1.